The number of hydrogen-bond acceptors (Lipinski definition) is 4. The number of nitrogens with one attached hydrogen (secondary N) is 2. The van der Waals surface area contributed by atoms with Gasteiger partial charge in [-0.3, -0.25) is 9.52 Å². The van der Waals surface area contributed by atoms with Gasteiger partial charge in [-0.25, -0.2) is 12.8 Å². The molecule has 0 spiro atoms. The van der Waals surface area contributed by atoms with E-state index in [4.69, 9.17) is 5.73 Å². The zero-order valence-electron chi connectivity index (χ0n) is 12.0. The van der Waals surface area contributed by atoms with Crippen LogP contribution in [0.15, 0.2) is 18.2 Å². The molecule has 1 aromatic carbocycles. The fourth-order valence-corrected chi connectivity index (χ4v) is 2.50. The number of rotatable bonds is 6. The van der Waals surface area contributed by atoms with E-state index in [1.54, 1.807) is 0 Å². The molecule has 1 atom stereocenters. The Morgan fingerprint density at radius 1 is 1.45 bits per heavy atom. The molecule has 6 nitrogen and oxygen atoms in total. The van der Waals surface area contributed by atoms with E-state index in [1.165, 1.54) is 6.07 Å². The summed E-state index contributed by atoms with van der Waals surface area (Å²) in [7, 11) is -3.61. The van der Waals surface area contributed by atoms with E-state index in [2.05, 4.69) is 5.32 Å². The SMILES string of the molecule is CS(=O)(=O)Nc1cc(C(=O)NCC(N)C2CC2)ccc1F.Cl. The molecular formula is C13H19ClFN3O3S. The van der Waals surface area contributed by atoms with Crippen molar-refractivity contribution in [1.29, 1.82) is 0 Å². The monoisotopic (exact) mass is 351 g/mol. The van der Waals surface area contributed by atoms with E-state index < -0.39 is 21.7 Å². The summed E-state index contributed by atoms with van der Waals surface area (Å²) < 4.78 is 37.8. The molecule has 0 saturated heterocycles. The minimum absolute atomic E-state index is 0. The summed E-state index contributed by atoms with van der Waals surface area (Å²) in [5.74, 6) is -0.699. The normalized spacial score (nSPS) is 15.6. The fraction of sp³-hybridized carbons (Fsp3) is 0.462. The maximum Gasteiger partial charge on any atom is 0.251 e. The van der Waals surface area contributed by atoms with Gasteiger partial charge < -0.3 is 11.1 Å². The van der Waals surface area contributed by atoms with Gasteiger partial charge in [0.25, 0.3) is 5.91 Å². The molecule has 0 bridgehead atoms. The van der Waals surface area contributed by atoms with Crippen molar-refractivity contribution >= 4 is 34.0 Å². The zero-order valence-corrected chi connectivity index (χ0v) is 13.6. The van der Waals surface area contributed by atoms with E-state index >= 15 is 0 Å². The predicted octanol–water partition coefficient (Wildman–Crippen LogP) is 1.09. The highest BCUT2D eigenvalue weighted by Crippen LogP contribution is 2.31. The average molecular weight is 352 g/mol. The molecule has 124 valence electrons. The van der Waals surface area contributed by atoms with Crippen LogP contribution in [-0.2, 0) is 10.0 Å². The van der Waals surface area contributed by atoms with Gasteiger partial charge in [-0.2, -0.15) is 0 Å². The quantitative estimate of drug-likeness (QED) is 0.714. The number of nitrogens with two attached hydrogens (primary N) is 1. The molecule has 0 heterocycles. The number of sulfonamides is 1. The van der Waals surface area contributed by atoms with Crippen LogP contribution in [0.5, 0.6) is 0 Å². The van der Waals surface area contributed by atoms with E-state index in [0.29, 0.717) is 12.5 Å². The second-order valence-electron chi connectivity index (χ2n) is 5.28. The summed E-state index contributed by atoms with van der Waals surface area (Å²) in [5, 5.41) is 2.67. The number of carbonyl (C=O) groups is 1. The second-order valence-corrected chi connectivity index (χ2v) is 7.03. The first-order valence-electron chi connectivity index (χ1n) is 6.57. The lowest BCUT2D eigenvalue weighted by atomic mass is 10.1. The Kier molecular flexibility index (Phi) is 6.16. The number of benzene rings is 1. The summed E-state index contributed by atoms with van der Waals surface area (Å²) >= 11 is 0. The summed E-state index contributed by atoms with van der Waals surface area (Å²) in [4.78, 5) is 12.0. The number of amides is 1. The highest BCUT2D eigenvalue weighted by atomic mass is 35.5. The number of anilines is 1. The smallest absolute Gasteiger partial charge is 0.251 e. The van der Waals surface area contributed by atoms with Crippen LogP contribution in [-0.4, -0.2) is 33.2 Å². The molecule has 1 unspecified atom stereocenters. The van der Waals surface area contributed by atoms with Crippen molar-refractivity contribution in [3.8, 4) is 0 Å². The summed E-state index contributed by atoms with van der Waals surface area (Å²) in [5.41, 5.74) is 5.79. The van der Waals surface area contributed by atoms with Crippen molar-refractivity contribution in [3.63, 3.8) is 0 Å². The Morgan fingerprint density at radius 3 is 2.64 bits per heavy atom. The summed E-state index contributed by atoms with van der Waals surface area (Å²) in [6, 6.07) is 3.42. The van der Waals surface area contributed by atoms with Gasteiger partial charge in [-0.15, -0.1) is 12.4 Å². The van der Waals surface area contributed by atoms with E-state index in [-0.39, 0.29) is 29.7 Å². The topological polar surface area (TPSA) is 101 Å². The minimum Gasteiger partial charge on any atom is -0.350 e. The van der Waals surface area contributed by atoms with E-state index in [0.717, 1.165) is 31.2 Å². The average Bonchev–Trinajstić information content (AvgIpc) is 3.21. The second kappa shape index (κ2) is 7.26. The van der Waals surface area contributed by atoms with Gasteiger partial charge in [0.05, 0.1) is 11.9 Å². The van der Waals surface area contributed by atoms with Crippen LogP contribution in [0.25, 0.3) is 0 Å². The Bertz CT molecular complexity index is 650. The molecule has 9 heteroatoms. The fourth-order valence-electron chi connectivity index (χ4n) is 1.95. The maximum atomic E-state index is 13.5. The van der Waals surface area contributed by atoms with Crippen LogP contribution < -0.4 is 15.8 Å². The molecule has 0 aliphatic heterocycles. The van der Waals surface area contributed by atoms with Crippen molar-refractivity contribution in [1.82, 2.24) is 5.32 Å². The predicted molar refractivity (Wildman–Crippen MR) is 85.1 cm³/mol. The van der Waals surface area contributed by atoms with Crippen LogP contribution >= 0.6 is 12.4 Å². The number of halogens is 2. The molecule has 22 heavy (non-hydrogen) atoms. The first-order valence-corrected chi connectivity index (χ1v) is 8.46. The Labute approximate surface area is 135 Å². The third-order valence-corrected chi connectivity index (χ3v) is 3.84. The Morgan fingerprint density at radius 2 is 2.09 bits per heavy atom. The molecule has 0 aromatic heterocycles. The van der Waals surface area contributed by atoms with Crippen molar-refractivity contribution < 1.29 is 17.6 Å². The molecule has 0 radical (unpaired) electrons. The van der Waals surface area contributed by atoms with Crippen LogP contribution in [0.3, 0.4) is 0 Å². The molecule has 1 saturated carbocycles. The third-order valence-electron chi connectivity index (χ3n) is 3.25. The van der Waals surface area contributed by atoms with Crippen molar-refractivity contribution in [2.75, 3.05) is 17.5 Å². The summed E-state index contributed by atoms with van der Waals surface area (Å²) in [6.07, 6.45) is 3.07. The van der Waals surface area contributed by atoms with Gasteiger partial charge >= 0.3 is 0 Å². The molecule has 1 aliphatic carbocycles. The highest BCUT2D eigenvalue weighted by molar-refractivity contribution is 7.92. The summed E-state index contributed by atoms with van der Waals surface area (Å²) in [6.45, 7) is 0.343. The van der Waals surface area contributed by atoms with Crippen LogP contribution in [0.1, 0.15) is 23.2 Å². The lowest BCUT2D eigenvalue weighted by Gasteiger charge is -2.12. The lowest BCUT2D eigenvalue weighted by Crippen LogP contribution is -2.38. The minimum atomic E-state index is -3.61. The van der Waals surface area contributed by atoms with Gasteiger partial charge in [0.15, 0.2) is 0 Å². The molecule has 1 aromatic rings. The first-order chi connectivity index (χ1) is 9.76. The lowest BCUT2D eigenvalue weighted by molar-refractivity contribution is 0.0950. The van der Waals surface area contributed by atoms with Crippen LogP contribution in [0, 0.1) is 11.7 Å². The van der Waals surface area contributed by atoms with Crippen LogP contribution in [0.2, 0.25) is 0 Å². The molecular weight excluding hydrogens is 333 g/mol. The standard InChI is InChI=1S/C13H18FN3O3S.ClH/c1-21(19,20)17-12-6-9(4-5-10(12)14)13(18)16-7-11(15)8-2-3-8;/h4-6,8,11,17H,2-3,7,15H2,1H3,(H,16,18);1H. The Balaban J connectivity index is 0.00000242. The van der Waals surface area contributed by atoms with Gasteiger partial charge in [-0.1, -0.05) is 0 Å². The molecule has 1 aliphatic rings. The van der Waals surface area contributed by atoms with Gasteiger partial charge in [0.2, 0.25) is 10.0 Å². The zero-order chi connectivity index (χ0) is 15.6. The Hall–Kier alpha value is -1.38. The van der Waals surface area contributed by atoms with Crippen molar-refractivity contribution in [2.24, 2.45) is 11.7 Å². The van der Waals surface area contributed by atoms with Crippen molar-refractivity contribution in [3.05, 3.63) is 29.6 Å². The largest absolute Gasteiger partial charge is 0.350 e. The van der Waals surface area contributed by atoms with Crippen molar-refractivity contribution in [2.45, 2.75) is 18.9 Å². The molecule has 2 rings (SSSR count). The van der Waals surface area contributed by atoms with Gasteiger partial charge in [0.1, 0.15) is 5.82 Å². The molecule has 1 amide bonds. The van der Waals surface area contributed by atoms with Gasteiger partial charge in [0, 0.05) is 18.2 Å². The molecule has 4 N–H and O–H groups in total. The van der Waals surface area contributed by atoms with Crippen LogP contribution in [0.4, 0.5) is 10.1 Å². The van der Waals surface area contributed by atoms with E-state index in [9.17, 15) is 17.6 Å². The van der Waals surface area contributed by atoms with E-state index in [1.807, 2.05) is 4.72 Å². The first kappa shape index (κ1) is 18.7. The molecule has 1 fully saturated rings. The third kappa shape index (κ3) is 5.43. The van der Waals surface area contributed by atoms with Gasteiger partial charge in [-0.05, 0) is 37.0 Å². The number of carbonyl (C=O) groups excluding carboxylic acids is 1. The maximum absolute atomic E-state index is 13.5. The highest BCUT2D eigenvalue weighted by Gasteiger charge is 2.28. The number of hydrogen-bond donors (Lipinski definition) is 3.